The first-order chi connectivity index (χ1) is 10.3. The number of carbonyl (C=O) groups is 2. The van der Waals surface area contributed by atoms with E-state index in [1.165, 1.54) is 4.90 Å². The normalized spacial score (nSPS) is 12.0. The Kier molecular flexibility index (Phi) is 6.39. The Labute approximate surface area is 131 Å². The van der Waals surface area contributed by atoms with Gasteiger partial charge in [0, 0.05) is 38.4 Å². The average Bonchev–Trinajstić information content (AvgIpc) is 2.79. The lowest BCUT2D eigenvalue weighted by molar-refractivity contribution is -0.141. The van der Waals surface area contributed by atoms with Crippen LogP contribution in [-0.2, 0) is 31.2 Å². The molecule has 0 saturated heterocycles. The first-order valence-corrected chi connectivity index (χ1v) is 7.57. The van der Waals surface area contributed by atoms with E-state index in [0.717, 1.165) is 29.8 Å². The third-order valence-electron chi connectivity index (χ3n) is 3.76. The Morgan fingerprint density at radius 3 is 2.50 bits per heavy atom. The summed E-state index contributed by atoms with van der Waals surface area (Å²) in [5, 5.41) is 16.2. The summed E-state index contributed by atoms with van der Waals surface area (Å²) in [6.45, 7) is 6.26. The minimum Gasteiger partial charge on any atom is -0.481 e. The molecule has 0 spiro atoms. The van der Waals surface area contributed by atoms with Crippen LogP contribution in [0.25, 0.3) is 0 Å². The molecule has 0 saturated carbocycles. The van der Waals surface area contributed by atoms with Gasteiger partial charge in [0.25, 0.3) is 0 Å². The fraction of sp³-hybridized carbons (Fsp3) is 0.667. The maximum Gasteiger partial charge on any atom is 0.317 e. The number of amides is 2. The molecular weight excluding hydrogens is 284 g/mol. The van der Waals surface area contributed by atoms with Gasteiger partial charge < -0.3 is 15.3 Å². The van der Waals surface area contributed by atoms with Crippen LogP contribution in [0.4, 0.5) is 4.79 Å². The van der Waals surface area contributed by atoms with Crippen LogP contribution < -0.4 is 5.32 Å². The van der Waals surface area contributed by atoms with Crippen molar-refractivity contribution in [3.05, 3.63) is 17.0 Å². The van der Waals surface area contributed by atoms with E-state index in [0.29, 0.717) is 6.54 Å². The summed E-state index contributed by atoms with van der Waals surface area (Å²) in [7, 11) is 3.50. The van der Waals surface area contributed by atoms with Crippen LogP contribution >= 0.6 is 0 Å². The number of nitrogens with zero attached hydrogens (tertiary/aromatic N) is 3. The van der Waals surface area contributed by atoms with Crippen LogP contribution in [0.3, 0.4) is 0 Å². The van der Waals surface area contributed by atoms with Gasteiger partial charge in [-0.3, -0.25) is 9.48 Å². The molecule has 7 heteroatoms. The van der Waals surface area contributed by atoms with Crippen molar-refractivity contribution < 1.29 is 14.7 Å². The van der Waals surface area contributed by atoms with Gasteiger partial charge in [0.15, 0.2) is 0 Å². The van der Waals surface area contributed by atoms with Gasteiger partial charge in [-0.05, 0) is 12.8 Å². The molecule has 0 aliphatic carbocycles. The number of aliphatic carboxylic acids is 1. The van der Waals surface area contributed by atoms with Gasteiger partial charge in [-0.1, -0.05) is 20.8 Å². The lowest BCUT2D eigenvalue weighted by Crippen LogP contribution is -2.40. The second-order valence-corrected chi connectivity index (χ2v) is 5.48. The molecule has 1 aromatic heterocycles. The van der Waals surface area contributed by atoms with E-state index < -0.39 is 11.9 Å². The van der Waals surface area contributed by atoms with Crippen LogP contribution in [0.5, 0.6) is 0 Å². The number of nitrogens with one attached hydrogen (secondary N) is 1. The number of hydrogen-bond acceptors (Lipinski definition) is 3. The van der Waals surface area contributed by atoms with Crippen molar-refractivity contribution in [2.75, 3.05) is 13.6 Å². The second kappa shape index (κ2) is 7.82. The van der Waals surface area contributed by atoms with Crippen LogP contribution in [-0.4, -0.2) is 45.4 Å². The maximum absolute atomic E-state index is 12.1. The van der Waals surface area contributed by atoms with Crippen LogP contribution in [0.1, 0.15) is 37.7 Å². The molecule has 1 aromatic rings. The summed E-state index contributed by atoms with van der Waals surface area (Å²) in [5.41, 5.74) is 3.15. The lowest BCUT2D eigenvalue weighted by Gasteiger charge is -2.20. The van der Waals surface area contributed by atoms with Gasteiger partial charge in [-0.15, -0.1) is 0 Å². The van der Waals surface area contributed by atoms with E-state index in [-0.39, 0.29) is 12.6 Å². The molecule has 2 amide bonds. The Balaban J connectivity index is 2.70. The molecule has 1 unspecified atom stereocenters. The van der Waals surface area contributed by atoms with Gasteiger partial charge in [0.2, 0.25) is 0 Å². The first kappa shape index (κ1) is 18.0. The highest BCUT2D eigenvalue weighted by Crippen LogP contribution is 2.15. The Morgan fingerprint density at radius 1 is 1.36 bits per heavy atom. The molecule has 0 aromatic carbocycles. The van der Waals surface area contributed by atoms with Crippen molar-refractivity contribution in [3.63, 3.8) is 0 Å². The van der Waals surface area contributed by atoms with Gasteiger partial charge in [0.05, 0.1) is 11.6 Å². The molecule has 1 atom stereocenters. The summed E-state index contributed by atoms with van der Waals surface area (Å²) >= 11 is 0. The fourth-order valence-corrected chi connectivity index (χ4v) is 2.46. The zero-order valence-corrected chi connectivity index (χ0v) is 14.0. The predicted octanol–water partition coefficient (Wildman–Crippen LogP) is 1.41. The molecule has 1 heterocycles. The molecule has 0 aliphatic rings. The lowest BCUT2D eigenvalue weighted by atomic mass is 10.1. The second-order valence-electron chi connectivity index (χ2n) is 5.48. The number of carbonyl (C=O) groups excluding carboxylic acids is 1. The highest BCUT2D eigenvalue weighted by atomic mass is 16.4. The summed E-state index contributed by atoms with van der Waals surface area (Å²) in [6, 6.07) is -0.277. The summed E-state index contributed by atoms with van der Waals surface area (Å²) in [6.07, 6.45) is 1.66. The molecule has 0 fully saturated rings. The number of hydrogen-bond donors (Lipinski definition) is 2. The Hall–Kier alpha value is -2.05. The molecule has 124 valence electrons. The molecular formula is C15H26N4O3. The van der Waals surface area contributed by atoms with Crippen molar-refractivity contribution in [1.82, 2.24) is 20.0 Å². The number of carboxylic acid groups (broad SMARTS) is 1. The molecule has 7 nitrogen and oxygen atoms in total. The number of aryl methyl sites for hydroxylation is 2. The van der Waals surface area contributed by atoms with Crippen molar-refractivity contribution in [3.8, 4) is 0 Å². The molecule has 22 heavy (non-hydrogen) atoms. The zero-order valence-electron chi connectivity index (χ0n) is 14.0. The number of aromatic nitrogens is 2. The topological polar surface area (TPSA) is 87.5 Å². The molecule has 2 N–H and O–H groups in total. The Morgan fingerprint density at radius 2 is 2.00 bits per heavy atom. The largest absolute Gasteiger partial charge is 0.481 e. The molecule has 1 rings (SSSR count). The monoisotopic (exact) mass is 310 g/mol. The quantitative estimate of drug-likeness (QED) is 0.797. The smallest absolute Gasteiger partial charge is 0.317 e. The van der Waals surface area contributed by atoms with E-state index in [1.807, 2.05) is 18.7 Å². The third-order valence-corrected chi connectivity index (χ3v) is 3.76. The van der Waals surface area contributed by atoms with Gasteiger partial charge >= 0.3 is 12.0 Å². The van der Waals surface area contributed by atoms with Crippen molar-refractivity contribution >= 4 is 12.0 Å². The molecule has 0 aliphatic heterocycles. The van der Waals surface area contributed by atoms with E-state index >= 15 is 0 Å². The summed E-state index contributed by atoms with van der Waals surface area (Å²) in [5.74, 6) is -1.50. The van der Waals surface area contributed by atoms with Crippen molar-refractivity contribution in [1.29, 1.82) is 0 Å². The third kappa shape index (κ3) is 4.22. The van der Waals surface area contributed by atoms with Crippen molar-refractivity contribution in [2.45, 2.75) is 40.2 Å². The van der Waals surface area contributed by atoms with E-state index in [9.17, 15) is 9.59 Å². The minimum absolute atomic E-state index is 0.176. The number of carboxylic acids is 1. The minimum atomic E-state index is -0.909. The highest BCUT2D eigenvalue weighted by Gasteiger charge is 2.19. The van der Waals surface area contributed by atoms with Crippen LogP contribution in [0.15, 0.2) is 0 Å². The number of urea groups is 1. The summed E-state index contributed by atoms with van der Waals surface area (Å²) in [4.78, 5) is 24.3. The van der Waals surface area contributed by atoms with Gasteiger partial charge in [-0.25, -0.2) is 4.79 Å². The zero-order chi connectivity index (χ0) is 16.9. The van der Waals surface area contributed by atoms with Crippen LogP contribution in [0.2, 0.25) is 0 Å². The molecule has 0 bridgehead atoms. The number of rotatable bonds is 7. The van der Waals surface area contributed by atoms with E-state index in [4.69, 9.17) is 5.11 Å². The highest BCUT2D eigenvalue weighted by molar-refractivity contribution is 5.75. The predicted molar refractivity (Wildman–Crippen MR) is 83.6 cm³/mol. The average molecular weight is 310 g/mol. The summed E-state index contributed by atoms with van der Waals surface area (Å²) < 4.78 is 1.86. The molecule has 0 radical (unpaired) electrons. The fourth-order valence-electron chi connectivity index (χ4n) is 2.46. The standard InChI is InChI=1S/C15H26N4O3/c1-6-12-11(13(7-2)19(5)17-12)8-16-15(22)18(4)9-10(3)14(20)21/h10H,6-9H2,1-5H3,(H,16,22)(H,20,21). The van der Waals surface area contributed by atoms with Gasteiger partial charge in [-0.2, -0.15) is 5.10 Å². The van der Waals surface area contributed by atoms with E-state index in [1.54, 1.807) is 14.0 Å². The van der Waals surface area contributed by atoms with Crippen LogP contribution in [0, 0.1) is 5.92 Å². The maximum atomic E-state index is 12.1. The SMILES string of the molecule is CCc1nn(C)c(CC)c1CNC(=O)N(C)CC(C)C(=O)O. The Bertz CT molecular complexity index is 539. The first-order valence-electron chi connectivity index (χ1n) is 7.57. The van der Waals surface area contributed by atoms with E-state index in [2.05, 4.69) is 17.3 Å². The van der Waals surface area contributed by atoms with Gasteiger partial charge in [0.1, 0.15) is 0 Å². The van der Waals surface area contributed by atoms with Crippen molar-refractivity contribution in [2.24, 2.45) is 13.0 Å².